The fraction of sp³-hybridized carbons (Fsp3) is 0.529. The molecule has 3 heterocycles. The molecule has 3 nitrogen and oxygen atoms in total. The van der Waals surface area contributed by atoms with Gasteiger partial charge in [0.25, 0.3) is 5.92 Å². The molecule has 0 amide bonds. The lowest BCUT2D eigenvalue weighted by molar-refractivity contribution is 0.0536. The van der Waals surface area contributed by atoms with E-state index in [0.29, 0.717) is 25.9 Å². The summed E-state index contributed by atoms with van der Waals surface area (Å²) in [5, 5.41) is 1.05. The molecule has 2 aliphatic rings. The van der Waals surface area contributed by atoms with Crippen molar-refractivity contribution in [3.63, 3.8) is 0 Å². The molecule has 1 spiro atoms. The summed E-state index contributed by atoms with van der Waals surface area (Å²) in [5.41, 5.74) is 2.14. The van der Waals surface area contributed by atoms with Gasteiger partial charge in [0.05, 0.1) is 0 Å². The molecule has 0 aromatic carbocycles. The Hall–Kier alpha value is -1.78. The van der Waals surface area contributed by atoms with E-state index in [9.17, 15) is 8.78 Å². The SMILES string of the molecule is Cc1cc(C)c2ccc(N3CCC4(CC3)CC4(F)F)nc2n1. The van der Waals surface area contributed by atoms with Crippen LogP contribution in [0.3, 0.4) is 0 Å². The van der Waals surface area contributed by atoms with Crippen LogP contribution in [-0.4, -0.2) is 29.0 Å². The highest BCUT2D eigenvalue weighted by atomic mass is 19.3. The predicted octanol–water partition coefficient (Wildman–Crippen LogP) is 3.87. The van der Waals surface area contributed by atoms with Gasteiger partial charge in [0.15, 0.2) is 5.65 Å². The number of aryl methyl sites for hydroxylation is 2. The summed E-state index contributed by atoms with van der Waals surface area (Å²) in [5.74, 6) is -1.59. The summed E-state index contributed by atoms with van der Waals surface area (Å²) in [7, 11) is 0. The van der Waals surface area contributed by atoms with Crippen LogP contribution in [0.25, 0.3) is 11.0 Å². The number of halogens is 2. The zero-order valence-corrected chi connectivity index (χ0v) is 12.9. The van der Waals surface area contributed by atoms with E-state index in [1.165, 1.54) is 0 Å². The number of pyridine rings is 2. The summed E-state index contributed by atoms with van der Waals surface area (Å²) in [6, 6.07) is 6.06. The van der Waals surface area contributed by atoms with E-state index in [4.69, 9.17) is 0 Å². The molecule has 1 saturated heterocycles. The molecule has 0 N–H and O–H groups in total. The number of anilines is 1. The number of hydrogen-bond acceptors (Lipinski definition) is 3. The molecule has 116 valence electrons. The molecule has 2 fully saturated rings. The number of rotatable bonds is 1. The highest BCUT2D eigenvalue weighted by Gasteiger charge is 2.70. The molecule has 0 unspecified atom stereocenters. The first-order valence-electron chi connectivity index (χ1n) is 7.78. The van der Waals surface area contributed by atoms with Crippen molar-refractivity contribution in [2.45, 2.75) is 39.0 Å². The third kappa shape index (κ3) is 1.98. The van der Waals surface area contributed by atoms with E-state index < -0.39 is 11.3 Å². The molecule has 1 aliphatic heterocycles. The molecular formula is C17H19F2N3. The van der Waals surface area contributed by atoms with Crippen LogP contribution in [0, 0.1) is 19.3 Å². The van der Waals surface area contributed by atoms with Gasteiger partial charge in [-0.3, -0.25) is 0 Å². The zero-order chi connectivity index (χ0) is 15.5. The Morgan fingerprint density at radius 3 is 2.41 bits per heavy atom. The largest absolute Gasteiger partial charge is 0.356 e. The molecule has 0 bridgehead atoms. The minimum absolute atomic E-state index is 0.0684. The first-order valence-corrected chi connectivity index (χ1v) is 7.78. The van der Waals surface area contributed by atoms with E-state index in [0.717, 1.165) is 28.1 Å². The van der Waals surface area contributed by atoms with Crippen molar-refractivity contribution in [3.05, 3.63) is 29.5 Å². The number of piperidine rings is 1. The average molecular weight is 303 g/mol. The van der Waals surface area contributed by atoms with Crippen LogP contribution in [0.15, 0.2) is 18.2 Å². The lowest BCUT2D eigenvalue weighted by Crippen LogP contribution is -2.37. The van der Waals surface area contributed by atoms with Gasteiger partial charge in [-0.2, -0.15) is 0 Å². The maximum Gasteiger partial charge on any atom is 0.254 e. The molecule has 1 aliphatic carbocycles. The average Bonchev–Trinajstić information content (AvgIpc) is 2.99. The Morgan fingerprint density at radius 2 is 1.77 bits per heavy atom. The number of alkyl halides is 2. The molecule has 5 heteroatoms. The van der Waals surface area contributed by atoms with E-state index in [2.05, 4.69) is 21.8 Å². The van der Waals surface area contributed by atoms with Gasteiger partial charge in [0, 0.05) is 36.0 Å². The predicted molar refractivity (Wildman–Crippen MR) is 82.5 cm³/mol. The Kier molecular flexibility index (Phi) is 2.75. The lowest BCUT2D eigenvalue weighted by Gasteiger charge is -2.33. The Morgan fingerprint density at radius 1 is 1.09 bits per heavy atom. The van der Waals surface area contributed by atoms with E-state index in [1.807, 2.05) is 25.1 Å². The topological polar surface area (TPSA) is 29.0 Å². The molecule has 2 aromatic rings. The van der Waals surface area contributed by atoms with Crippen molar-refractivity contribution in [1.82, 2.24) is 9.97 Å². The summed E-state index contributed by atoms with van der Waals surface area (Å²) < 4.78 is 26.9. The van der Waals surface area contributed by atoms with Gasteiger partial charge in [-0.25, -0.2) is 18.7 Å². The Balaban J connectivity index is 1.60. The molecule has 0 atom stereocenters. The van der Waals surface area contributed by atoms with Crippen molar-refractivity contribution in [2.75, 3.05) is 18.0 Å². The van der Waals surface area contributed by atoms with Crippen LogP contribution in [0.5, 0.6) is 0 Å². The summed E-state index contributed by atoms with van der Waals surface area (Å²) >= 11 is 0. The van der Waals surface area contributed by atoms with E-state index in [-0.39, 0.29) is 6.42 Å². The second-order valence-electron chi connectivity index (χ2n) is 6.77. The second-order valence-corrected chi connectivity index (χ2v) is 6.77. The van der Waals surface area contributed by atoms with Crippen LogP contribution in [-0.2, 0) is 0 Å². The molecule has 4 rings (SSSR count). The monoisotopic (exact) mass is 303 g/mol. The van der Waals surface area contributed by atoms with Crippen LogP contribution in [0.2, 0.25) is 0 Å². The zero-order valence-electron chi connectivity index (χ0n) is 12.9. The minimum atomic E-state index is -2.44. The van der Waals surface area contributed by atoms with Gasteiger partial charge < -0.3 is 4.90 Å². The molecule has 1 saturated carbocycles. The number of nitrogens with zero attached hydrogens (tertiary/aromatic N) is 3. The van der Waals surface area contributed by atoms with Crippen molar-refractivity contribution in [1.29, 1.82) is 0 Å². The van der Waals surface area contributed by atoms with Crippen LogP contribution in [0.4, 0.5) is 14.6 Å². The van der Waals surface area contributed by atoms with Gasteiger partial charge in [-0.15, -0.1) is 0 Å². The third-order valence-corrected chi connectivity index (χ3v) is 5.25. The standard InChI is InChI=1S/C17H19F2N3/c1-11-9-12(2)20-15-13(11)3-4-14(21-15)22-7-5-16(6-8-22)10-17(16,18)19/h3-4,9H,5-8,10H2,1-2H3. The van der Waals surface area contributed by atoms with Gasteiger partial charge in [-0.1, -0.05) is 0 Å². The number of hydrogen-bond donors (Lipinski definition) is 0. The first kappa shape index (κ1) is 13.9. The number of aromatic nitrogens is 2. The quantitative estimate of drug-likeness (QED) is 0.801. The lowest BCUT2D eigenvalue weighted by atomic mass is 9.93. The van der Waals surface area contributed by atoms with Crippen molar-refractivity contribution in [3.8, 4) is 0 Å². The molecule has 2 aromatic heterocycles. The smallest absolute Gasteiger partial charge is 0.254 e. The van der Waals surface area contributed by atoms with Gasteiger partial charge in [0.1, 0.15) is 5.82 Å². The molecular weight excluding hydrogens is 284 g/mol. The van der Waals surface area contributed by atoms with Crippen LogP contribution >= 0.6 is 0 Å². The maximum atomic E-state index is 13.5. The van der Waals surface area contributed by atoms with E-state index >= 15 is 0 Å². The Bertz CT molecular complexity index is 749. The first-order chi connectivity index (χ1) is 10.4. The van der Waals surface area contributed by atoms with Crippen molar-refractivity contribution >= 4 is 16.9 Å². The van der Waals surface area contributed by atoms with Crippen LogP contribution < -0.4 is 4.90 Å². The highest BCUT2D eigenvalue weighted by Crippen LogP contribution is 2.65. The third-order valence-electron chi connectivity index (χ3n) is 5.25. The molecule has 0 radical (unpaired) electrons. The van der Waals surface area contributed by atoms with Gasteiger partial charge in [-0.05, 0) is 50.5 Å². The van der Waals surface area contributed by atoms with Gasteiger partial charge in [0.2, 0.25) is 0 Å². The normalized spacial score (nSPS) is 22.3. The number of fused-ring (bicyclic) bond motifs is 1. The maximum absolute atomic E-state index is 13.5. The van der Waals surface area contributed by atoms with E-state index in [1.54, 1.807) is 0 Å². The van der Waals surface area contributed by atoms with Crippen molar-refractivity contribution < 1.29 is 8.78 Å². The summed E-state index contributed by atoms with van der Waals surface area (Å²) in [4.78, 5) is 11.3. The fourth-order valence-electron chi connectivity index (χ4n) is 3.69. The second kappa shape index (κ2) is 4.37. The fourth-order valence-corrected chi connectivity index (χ4v) is 3.69. The summed E-state index contributed by atoms with van der Waals surface area (Å²) in [6.45, 7) is 5.32. The highest BCUT2D eigenvalue weighted by molar-refractivity contribution is 5.80. The van der Waals surface area contributed by atoms with Crippen molar-refractivity contribution in [2.24, 2.45) is 5.41 Å². The Labute approximate surface area is 128 Å². The summed E-state index contributed by atoms with van der Waals surface area (Å²) in [6.07, 6.45) is 1.18. The van der Waals surface area contributed by atoms with Crippen LogP contribution in [0.1, 0.15) is 30.5 Å². The minimum Gasteiger partial charge on any atom is -0.356 e. The molecule has 22 heavy (non-hydrogen) atoms. The van der Waals surface area contributed by atoms with Gasteiger partial charge >= 0.3 is 0 Å².